The highest BCUT2D eigenvalue weighted by Crippen LogP contribution is 2.21. The van der Waals surface area contributed by atoms with E-state index in [1.165, 1.54) is 0 Å². The molecule has 1 aliphatic rings. The number of aliphatic hydroxyl groups excluding tert-OH is 1. The van der Waals surface area contributed by atoms with E-state index in [9.17, 15) is 14.7 Å². The number of hydrogen-bond acceptors (Lipinski definition) is 3. The third kappa shape index (κ3) is 2.71. The molecule has 2 N–H and O–H groups in total. The molecule has 5 heteroatoms. The van der Waals surface area contributed by atoms with Crippen molar-refractivity contribution in [3.05, 3.63) is 33.2 Å². The van der Waals surface area contributed by atoms with Crippen molar-refractivity contribution in [1.29, 1.82) is 0 Å². The van der Waals surface area contributed by atoms with Crippen molar-refractivity contribution in [2.24, 2.45) is 5.92 Å². The summed E-state index contributed by atoms with van der Waals surface area (Å²) in [5.74, 6) is -0.129. The van der Waals surface area contributed by atoms with Gasteiger partial charge in [-0.15, -0.1) is 0 Å². The summed E-state index contributed by atoms with van der Waals surface area (Å²) in [7, 11) is 0. The Balaban J connectivity index is 2.25. The number of aliphatic hydroxyl groups is 1. The second-order valence-electron chi connectivity index (χ2n) is 5.38. The highest BCUT2D eigenvalue weighted by molar-refractivity contribution is 5.95. The number of aromatic nitrogens is 1. The average Bonchev–Trinajstić information content (AvgIpc) is 2.76. The molecule has 2 heterocycles. The second kappa shape index (κ2) is 5.17. The zero-order valence-electron chi connectivity index (χ0n) is 11.6. The van der Waals surface area contributed by atoms with Crippen LogP contribution in [0.25, 0.3) is 0 Å². The van der Waals surface area contributed by atoms with Crippen molar-refractivity contribution in [2.45, 2.75) is 33.3 Å². The highest BCUT2D eigenvalue weighted by atomic mass is 16.3. The lowest BCUT2D eigenvalue weighted by Crippen LogP contribution is -2.35. The summed E-state index contributed by atoms with van der Waals surface area (Å²) in [6.07, 6.45) is 0.363. The Morgan fingerprint density at radius 3 is 2.74 bits per heavy atom. The Labute approximate surface area is 112 Å². The topological polar surface area (TPSA) is 73.4 Å². The number of nitrogens with one attached hydrogen (secondary N) is 1. The van der Waals surface area contributed by atoms with Crippen LogP contribution in [0, 0.1) is 19.8 Å². The van der Waals surface area contributed by atoms with Crippen LogP contribution in [0.15, 0.2) is 10.9 Å². The quantitative estimate of drug-likeness (QED) is 0.831. The standard InChI is InChI=1S/C14H20N2O3/c1-8-6-9(2)15-13(18)12(8)14(19)16-5-4-11(7-16)10(3)17/h6,10-11,17H,4-5,7H2,1-3H3,(H,15,18). The summed E-state index contributed by atoms with van der Waals surface area (Å²) >= 11 is 0. The fourth-order valence-electron chi connectivity index (χ4n) is 2.64. The number of likely N-dealkylation sites (tertiary alicyclic amines) is 1. The fraction of sp³-hybridized carbons (Fsp3) is 0.571. The number of pyridine rings is 1. The van der Waals surface area contributed by atoms with Crippen LogP contribution in [0.1, 0.15) is 35.0 Å². The molecule has 1 saturated heterocycles. The zero-order valence-corrected chi connectivity index (χ0v) is 11.6. The number of carbonyl (C=O) groups excluding carboxylic acids is 1. The molecule has 2 rings (SSSR count). The third-order valence-electron chi connectivity index (χ3n) is 3.77. The molecular weight excluding hydrogens is 244 g/mol. The van der Waals surface area contributed by atoms with Gasteiger partial charge in [0.2, 0.25) is 0 Å². The molecular formula is C14H20N2O3. The van der Waals surface area contributed by atoms with E-state index in [0.717, 1.165) is 12.1 Å². The number of nitrogens with zero attached hydrogens (tertiary/aromatic N) is 1. The van der Waals surface area contributed by atoms with E-state index < -0.39 is 6.10 Å². The molecule has 1 aromatic rings. The van der Waals surface area contributed by atoms with Crippen molar-refractivity contribution >= 4 is 5.91 Å². The maximum Gasteiger partial charge on any atom is 0.261 e. The van der Waals surface area contributed by atoms with Gasteiger partial charge in [0.05, 0.1) is 6.10 Å². The van der Waals surface area contributed by atoms with E-state index in [-0.39, 0.29) is 22.9 Å². The molecule has 19 heavy (non-hydrogen) atoms. The van der Waals surface area contributed by atoms with Gasteiger partial charge in [-0.2, -0.15) is 0 Å². The van der Waals surface area contributed by atoms with Gasteiger partial charge in [-0.25, -0.2) is 0 Å². The first kappa shape index (κ1) is 13.8. The SMILES string of the molecule is Cc1cc(C)c(C(=O)N2CCC(C(C)O)C2)c(=O)[nH]1. The molecule has 104 valence electrons. The fourth-order valence-corrected chi connectivity index (χ4v) is 2.64. The molecule has 0 aromatic carbocycles. The van der Waals surface area contributed by atoms with Gasteiger partial charge in [0.25, 0.3) is 11.5 Å². The van der Waals surface area contributed by atoms with Crippen LogP contribution in [0.5, 0.6) is 0 Å². The molecule has 0 aliphatic carbocycles. The number of amides is 1. The average molecular weight is 264 g/mol. The predicted octanol–water partition coefficient (Wildman–Crippen LogP) is 0.835. The maximum atomic E-state index is 12.4. The van der Waals surface area contributed by atoms with Crippen LogP contribution in [-0.4, -0.2) is 40.1 Å². The molecule has 0 bridgehead atoms. The Kier molecular flexibility index (Phi) is 3.75. The summed E-state index contributed by atoms with van der Waals surface area (Å²) in [6.45, 7) is 6.42. The van der Waals surface area contributed by atoms with Gasteiger partial charge in [0.1, 0.15) is 5.56 Å². The van der Waals surface area contributed by atoms with Crippen molar-refractivity contribution in [2.75, 3.05) is 13.1 Å². The monoisotopic (exact) mass is 264 g/mol. The van der Waals surface area contributed by atoms with E-state index in [2.05, 4.69) is 4.98 Å². The van der Waals surface area contributed by atoms with Crippen LogP contribution >= 0.6 is 0 Å². The zero-order chi connectivity index (χ0) is 14.2. The molecule has 0 radical (unpaired) electrons. The summed E-state index contributed by atoms with van der Waals surface area (Å²) in [5.41, 5.74) is 1.34. The minimum absolute atomic E-state index is 0.105. The molecule has 5 nitrogen and oxygen atoms in total. The molecule has 0 saturated carbocycles. The van der Waals surface area contributed by atoms with Crippen molar-refractivity contribution in [3.8, 4) is 0 Å². The van der Waals surface area contributed by atoms with Crippen molar-refractivity contribution in [3.63, 3.8) is 0 Å². The summed E-state index contributed by atoms with van der Waals surface area (Å²) < 4.78 is 0. The highest BCUT2D eigenvalue weighted by Gasteiger charge is 2.31. The normalized spacial score (nSPS) is 20.6. The van der Waals surface area contributed by atoms with E-state index >= 15 is 0 Å². The van der Waals surface area contributed by atoms with Gasteiger partial charge in [0.15, 0.2) is 0 Å². The number of H-pyrrole nitrogens is 1. The summed E-state index contributed by atoms with van der Waals surface area (Å²) in [4.78, 5) is 28.6. The molecule has 2 unspecified atom stereocenters. The van der Waals surface area contributed by atoms with Crippen molar-refractivity contribution < 1.29 is 9.90 Å². The van der Waals surface area contributed by atoms with E-state index in [0.29, 0.717) is 18.7 Å². The number of aromatic amines is 1. The Hall–Kier alpha value is -1.62. The van der Waals surface area contributed by atoms with Gasteiger partial charge in [0, 0.05) is 24.7 Å². The predicted molar refractivity (Wildman–Crippen MR) is 72.2 cm³/mol. The maximum absolute atomic E-state index is 12.4. The lowest BCUT2D eigenvalue weighted by Gasteiger charge is -2.18. The minimum atomic E-state index is -0.421. The molecule has 1 aliphatic heterocycles. The first-order chi connectivity index (χ1) is 8.90. The molecule has 1 fully saturated rings. The van der Waals surface area contributed by atoms with Crippen LogP contribution < -0.4 is 5.56 Å². The summed E-state index contributed by atoms with van der Waals surface area (Å²) in [6, 6.07) is 1.80. The van der Waals surface area contributed by atoms with Gasteiger partial charge < -0.3 is 15.0 Å². The van der Waals surface area contributed by atoms with Crippen molar-refractivity contribution in [1.82, 2.24) is 9.88 Å². The molecule has 0 spiro atoms. The van der Waals surface area contributed by atoms with E-state index in [4.69, 9.17) is 0 Å². The van der Waals surface area contributed by atoms with Crippen LogP contribution in [-0.2, 0) is 0 Å². The van der Waals surface area contributed by atoms with Gasteiger partial charge >= 0.3 is 0 Å². The number of rotatable bonds is 2. The molecule has 1 amide bonds. The first-order valence-electron chi connectivity index (χ1n) is 6.58. The van der Waals surface area contributed by atoms with Crippen LogP contribution in [0.4, 0.5) is 0 Å². The lowest BCUT2D eigenvalue weighted by molar-refractivity contribution is 0.0760. The largest absolute Gasteiger partial charge is 0.393 e. The number of aryl methyl sites for hydroxylation is 2. The first-order valence-corrected chi connectivity index (χ1v) is 6.58. The molecule has 2 atom stereocenters. The lowest BCUT2D eigenvalue weighted by atomic mass is 10.0. The van der Waals surface area contributed by atoms with Gasteiger partial charge in [-0.3, -0.25) is 9.59 Å². The van der Waals surface area contributed by atoms with Gasteiger partial charge in [-0.1, -0.05) is 0 Å². The van der Waals surface area contributed by atoms with Crippen LogP contribution in [0.3, 0.4) is 0 Å². The van der Waals surface area contributed by atoms with E-state index in [1.54, 1.807) is 31.7 Å². The summed E-state index contributed by atoms with van der Waals surface area (Å²) in [5, 5.41) is 9.56. The number of carbonyl (C=O) groups is 1. The minimum Gasteiger partial charge on any atom is -0.393 e. The Bertz CT molecular complexity index is 548. The van der Waals surface area contributed by atoms with E-state index in [1.807, 2.05) is 0 Å². The Morgan fingerprint density at radius 2 is 2.21 bits per heavy atom. The van der Waals surface area contributed by atoms with Crippen LogP contribution in [0.2, 0.25) is 0 Å². The number of hydrogen-bond donors (Lipinski definition) is 2. The smallest absolute Gasteiger partial charge is 0.261 e. The second-order valence-corrected chi connectivity index (χ2v) is 5.38. The third-order valence-corrected chi connectivity index (χ3v) is 3.77. The Morgan fingerprint density at radius 1 is 1.53 bits per heavy atom. The molecule has 1 aromatic heterocycles. The van der Waals surface area contributed by atoms with Gasteiger partial charge in [-0.05, 0) is 38.8 Å².